The lowest BCUT2D eigenvalue weighted by atomic mass is 10.1. The molecule has 1 aliphatic heterocycles. The summed E-state index contributed by atoms with van der Waals surface area (Å²) in [5.74, 6) is -0.278. The minimum absolute atomic E-state index is 0.00605. The first-order valence-electron chi connectivity index (χ1n) is 6.80. The van der Waals surface area contributed by atoms with E-state index in [0.29, 0.717) is 13.1 Å². The molecule has 3 atom stereocenters. The summed E-state index contributed by atoms with van der Waals surface area (Å²) in [6, 6.07) is -0.778. The highest BCUT2D eigenvalue weighted by Gasteiger charge is 2.29. The van der Waals surface area contributed by atoms with Crippen molar-refractivity contribution in [3.8, 4) is 0 Å². The first-order chi connectivity index (χ1) is 8.79. The van der Waals surface area contributed by atoms with E-state index >= 15 is 0 Å². The average molecular weight is 271 g/mol. The molecule has 0 aliphatic carbocycles. The van der Waals surface area contributed by atoms with Crippen molar-refractivity contribution in [2.45, 2.75) is 58.9 Å². The third kappa shape index (κ3) is 5.16. The van der Waals surface area contributed by atoms with E-state index < -0.39 is 6.03 Å². The number of carbonyl (C=O) groups excluding carboxylic acids is 2. The van der Waals surface area contributed by atoms with Crippen LogP contribution >= 0.6 is 0 Å². The third-order valence-electron chi connectivity index (χ3n) is 3.03. The van der Waals surface area contributed by atoms with Crippen LogP contribution in [0.25, 0.3) is 0 Å². The Morgan fingerprint density at radius 2 is 1.68 bits per heavy atom. The molecule has 1 heterocycles. The highest BCUT2D eigenvalue weighted by molar-refractivity contribution is 5.96. The van der Waals surface area contributed by atoms with Gasteiger partial charge in [-0.05, 0) is 34.6 Å². The monoisotopic (exact) mass is 271 g/mol. The Morgan fingerprint density at radius 3 is 2.16 bits per heavy atom. The van der Waals surface area contributed by atoms with Gasteiger partial charge in [-0.3, -0.25) is 15.0 Å². The molecule has 0 unspecified atom stereocenters. The number of nitrogens with one attached hydrogen (secondary N) is 2. The third-order valence-corrected chi connectivity index (χ3v) is 3.03. The molecule has 0 bridgehead atoms. The van der Waals surface area contributed by atoms with E-state index in [0.717, 1.165) is 0 Å². The second-order valence-corrected chi connectivity index (χ2v) is 5.50. The van der Waals surface area contributed by atoms with Gasteiger partial charge in [-0.1, -0.05) is 0 Å². The molecule has 0 aromatic carbocycles. The molecule has 0 aromatic rings. The highest BCUT2D eigenvalue weighted by atomic mass is 16.5. The normalized spacial score (nSPS) is 26.0. The zero-order chi connectivity index (χ0) is 14.6. The van der Waals surface area contributed by atoms with Crippen molar-refractivity contribution in [2.75, 3.05) is 13.1 Å². The highest BCUT2D eigenvalue weighted by Crippen LogP contribution is 2.13. The lowest BCUT2D eigenvalue weighted by Crippen LogP contribution is -2.55. The fourth-order valence-corrected chi connectivity index (χ4v) is 2.21. The van der Waals surface area contributed by atoms with Crippen molar-refractivity contribution in [2.24, 2.45) is 0 Å². The maximum atomic E-state index is 12.0. The van der Waals surface area contributed by atoms with Crippen molar-refractivity contribution >= 4 is 11.9 Å². The van der Waals surface area contributed by atoms with Gasteiger partial charge in [0.05, 0.1) is 18.2 Å². The standard InChI is InChI=1S/C13H25N3O3/c1-8(2)14-13(18)15-12(17)11(5)16-6-9(3)19-10(4)7-16/h8-11H,6-7H2,1-5H3,(H2,14,15,17,18)/t9-,10-,11-/m0/s1. The van der Waals surface area contributed by atoms with Crippen molar-refractivity contribution in [3.05, 3.63) is 0 Å². The van der Waals surface area contributed by atoms with Crippen LogP contribution in [0.3, 0.4) is 0 Å². The zero-order valence-corrected chi connectivity index (χ0v) is 12.4. The largest absolute Gasteiger partial charge is 0.373 e. The summed E-state index contributed by atoms with van der Waals surface area (Å²) in [6.45, 7) is 10.9. The van der Waals surface area contributed by atoms with Crippen molar-refractivity contribution < 1.29 is 14.3 Å². The Morgan fingerprint density at radius 1 is 1.16 bits per heavy atom. The van der Waals surface area contributed by atoms with Gasteiger partial charge in [0.1, 0.15) is 0 Å². The van der Waals surface area contributed by atoms with Crippen LogP contribution in [0.4, 0.5) is 4.79 Å². The number of hydrogen-bond acceptors (Lipinski definition) is 4. The molecule has 110 valence electrons. The van der Waals surface area contributed by atoms with Gasteiger partial charge in [0.25, 0.3) is 0 Å². The molecule has 2 N–H and O–H groups in total. The summed E-state index contributed by atoms with van der Waals surface area (Å²) in [7, 11) is 0. The average Bonchev–Trinajstić information content (AvgIpc) is 2.25. The van der Waals surface area contributed by atoms with Gasteiger partial charge < -0.3 is 10.1 Å². The van der Waals surface area contributed by atoms with Gasteiger partial charge in [-0.25, -0.2) is 4.79 Å². The molecule has 0 aromatic heterocycles. The minimum Gasteiger partial charge on any atom is -0.373 e. The second kappa shape index (κ2) is 6.86. The van der Waals surface area contributed by atoms with Crippen LogP contribution in [-0.4, -0.2) is 54.2 Å². The zero-order valence-electron chi connectivity index (χ0n) is 12.4. The maximum absolute atomic E-state index is 12.0. The van der Waals surface area contributed by atoms with E-state index in [1.165, 1.54) is 0 Å². The Balaban J connectivity index is 2.49. The molecule has 19 heavy (non-hydrogen) atoms. The number of ether oxygens (including phenoxy) is 1. The Kier molecular flexibility index (Phi) is 5.75. The van der Waals surface area contributed by atoms with E-state index in [9.17, 15) is 9.59 Å². The molecule has 1 fully saturated rings. The summed E-state index contributed by atoms with van der Waals surface area (Å²) in [4.78, 5) is 25.5. The number of rotatable bonds is 3. The van der Waals surface area contributed by atoms with Gasteiger partial charge in [0.2, 0.25) is 5.91 Å². The van der Waals surface area contributed by atoms with Crippen LogP contribution in [0.15, 0.2) is 0 Å². The SMILES string of the molecule is CC(C)NC(=O)NC(=O)[C@H](C)N1C[C@H](C)O[C@@H](C)C1. The lowest BCUT2D eigenvalue weighted by molar-refractivity contribution is -0.130. The quantitative estimate of drug-likeness (QED) is 0.793. The topological polar surface area (TPSA) is 70.7 Å². The van der Waals surface area contributed by atoms with Crippen LogP contribution < -0.4 is 10.6 Å². The molecular formula is C13H25N3O3. The summed E-state index contributed by atoms with van der Waals surface area (Å²) in [6.07, 6.45) is 0.201. The van der Waals surface area contributed by atoms with E-state index in [2.05, 4.69) is 10.6 Å². The second-order valence-electron chi connectivity index (χ2n) is 5.50. The van der Waals surface area contributed by atoms with Gasteiger partial charge in [0, 0.05) is 19.1 Å². The van der Waals surface area contributed by atoms with Crippen LogP contribution in [0.5, 0.6) is 0 Å². The van der Waals surface area contributed by atoms with E-state index in [1.807, 2.05) is 39.5 Å². The molecule has 0 saturated carbocycles. The van der Waals surface area contributed by atoms with Gasteiger partial charge in [-0.15, -0.1) is 0 Å². The Bertz CT molecular complexity index is 323. The van der Waals surface area contributed by atoms with Crippen LogP contribution in [0, 0.1) is 0 Å². The van der Waals surface area contributed by atoms with Crippen LogP contribution in [0.1, 0.15) is 34.6 Å². The van der Waals surface area contributed by atoms with E-state index in [4.69, 9.17) is 4.74 Å². The molecule has 0 spiro atoms. The predicted molar refractivity (Wildman–Crippen MR) is 72.9 cm³/mol. The molecule has 1 rings (SSSR count). The minimum atomic E-state index is -0.443. The molecule has 6 nitrogen and oxygen atoms in total. The number of morpholine rings is 1. The predicted octanol–water partition coefficient (Wildman–Crippen LogP) is 0.718. The number of carbonyl (C=O) groups is 2. The molecule has 6 heteroatoms. The molecule has 0 radical (unpaired) electrons. The molecule has 1 aliphatic rings. The fraction of sp³-hybridized carbons (Fsp3) is 0.846. The number of imide groups is 1. The van der Waals surface area contributed by atoms with Crippen molar-refractivity contribution in [3.63, 3.8) is 0 Å². The number of amides is 3. The van der Waals surface area contributed by atoms with Gasteiger partial charge in [-0.2, -0.15) is 0 Å². The number of nitrogens with zero attached hydrogens (tertiary/aromatic N) is 1. The van der Waals surface area contributed by atoms with Crippen molar-refractivity contribution in [1.82, 2.24) is 15.5 Å². The molecular weight excluding hydrogens is 246 g/mol. The first kappa shape index (κ1) is 15.9. The summed E-state index contributed by atoms with van der Waals surface area (Å²) < 4.78 is 5.63. The van der Waals surface area contributed by atoms with Crippen molar-refractivity contribution in [1.29, 1.82) is 0 Å². The molecule has 3 amide bonds. The van der Waals surface area contributed by atoms with Gasteiger partial charge in [0.15, 0.2) is 0 Å². The smallest absolute Gasteiger partial charge is 0.321 e. The maximum Gasteiger partial charge on any atom is 0.321 e. The first-order valence-corrected chi connectivity index (χ1v) is 6.80. The fourth-order valence-electron chi connectivity index (χ4n) is 2.21. The number of urea groups is 1. The number of hydrogen-bond donors (Lipinski definition) is 2. The van der Waals surface area contributed by atoms with Crippen LogP contribution in [-0.2, 0) is 9.53 Å². The summed E-state index contributed by atoms with van der Waals surface area (Å²) >= 11 is 0. The Hall–Kier alpha value is -1.14. The lowest BCUT2D eigenvalue weighted by Gasteiger charge is -2.38. The van der Waals surface area contributed by atoms with Gasteiger partial charge >= 0.3 is 6.03 Å². The van der Waals surface area contributed by atoms with Crippen LogP contribution in [0.2, 0.25) is 0 Å². The van der Waals surface area contributed by atoms with E-state index in [-0.39, 0.29) is 30.2 Å². The Labute approximate surface area is 114 Å². The van der Waals surface area contributed by atoms with E-state index in [1.54, 1.807) is 0 Å². The summed E-state index contributed by atoms with van der Waals surface area (Å²) in [5.41, 5.74) is 0. The summed E-state index contributed by atoms with van der Waals surface area (Å²) in [5, 5.41) is 5.00. The molecule has 1 saturated heterocycles.